The fraction of sp³-hybridized carbons (Fsp3) is 0.333. The number of carbonyl (C=O) groups is 6. The van der Waals surface area contributed by atoms with E-state index in [4.69, 9.17) is 16.7 Å². The Morgan fingerprint density at radius 2 is 1.85 bits per heavy atom. The summed E-state index contributed by atoms with van der Waals surface area (Å²) < 4.78 is 0. The Labute approximate surface area is 234 Å². The zero-order valence-corrected chi connectivity index (χ0v) is 22.4. The highest BCUT2D eigenvalue weighted by Gasteiger charge is 2.44. The molecule has 2 aromatic rings. The lowest BCUT2D eigenvalue weighted by Crippen LogP contribution is -2.54. The van der Waals surface area contributed by atoms with Gasteiger partial charge in [0.15, 0.2) is 0 Å². The molecule has 210 valence electrons. The van der Waals surface area contributed by atoms with Crippen LogP contribution in [-0.2, 0) is 27.3 Å². The molecule has 1 saturated heterocycles. The molecule has 0 spiro atoms. The molecule has 0 aliphatic carbocycles. The number of rotatable bonds is 9. The molecule has 12 nitrogen and oxygen atoms in total. The van der Waals surface area contributed by atoms with Gasteiger partial charge in [-0.15, -0.1) is 0 Å². The molecule has 1 fully saturated rings. The van der Waals surface area contributed by atoms with Gasteiger partial charge in [-0.2, -0.15) is 0 Å². The number of nitrogens with one attached hydrogen (secondary N) is 3. The van der Waals surface area contributed by atoms with Crippen molar-refractivity contribution in [2.45, 2.75) is 38.3 Å². The molecular weight excluding hydrogens is 542 g/mol. The molecular formula is C27H28ClN5O7. The Kier molecular flexibility index (Phi) is 8.80. The predicted molar refractivity (Wildman–Crippen MR) is 143 cm³/mol. The molecule has 0 saturated carbocycles. The van der Waals surface area contributed by atoms with Gasteiger partial charge in [-0.3, -0.25) is 34.2 Å². The summed E-state index contributed by atoms with van der Waals surface area (Å²) in [4.78, 5) is 75.7. The number of likely N-dealkylation sites (N-methyl/N-ethyl adjacent to an activating group) is 1. The van der Waals surface area contributed by atoms with Crippen LogP contribution in [0.25, 0.3) is 0 Å². The summed E-state index contributed by atoms with van der Waals surface area (Å²) in [6.07, 6.45) is 1.36. The summed E-state index contributed by atoms with van der Waals surface area (Å²) in [6, 6.07) is 8.12. The van der Waals surface area contributed by atoms with Crippen molar-refractivity contribution in [3.8, 4) is 0 Å². The van der Waals surface area contributed by atoms with E-state index in [2.05, 4.69) is 16.0 Å². The molecule has 0 aromatic heterocycles. The summed E-state index contributed by atoms with van der Waals surface area (Å²) in [5.41, 5.74) is 2.17. The first-order valence-electron chi connectivity index (χ1n) is 12.6. The maximum absolute atomic E-state index is 13.0. The number of imide groups is 2. The van der Waals surface area contributed by atoms with Crippen molar-refractivity contribution in [2.24, 2.45) is 0 Å². The van der Waals surface area contributed by atoms with Gasteiger partial charge in [0, 0.05) is 37.3 Å². The molecule has 0 bridgehead atoms. The van der Waals surface area contributed by atoms with E-state index in [-0.39, 0.29) is 36.4 Å². The Morgan fingerprint density at radius 3 is 2.55 bits per heavy atom. The molecule has 4 N–H and O–H groups in total. The molecule has 2 heterocycles. The largest absolute Gasteiger partial charge is 0.387 e. The third-order valence-corrected chi connectivity index (χ3v) is 7.12. The van der Waals surface area contributed by atoms with Gasteiger partial charge in [-0.1, -0.05) is 23.7 Å². The average molecular weight is 570 g/mol. The molecule has 7 amide bonds. The first-order chi connectivity index (χ1) is 19.1. The summed E-state index contributed by atoms with van der Waals surface area (Å²) in [5, 5.41) is 16.9. The smallest absolute Gasteiger partial charge is 0.319 e. The minimum atomic E-state index is -1.05. The van der Waals surface area contributed by atoms with Crippen molar-refractivity contribution >= 4 is 52.9 Å². The number of aliphatic hydroxyl groups is 1. The summed E-state index contributed by atoms with van der Waals surface area (Å²) in [6.45, 7) is -0.00640. The molecule has 2 aliphatic heterocycles. The number of carbonyl (C=O) groups excluding carboxylic acids is 6. The number of amides is 7. The first kappa shape index (κ1) is 28.7. The van der Waals surface area contributed by atoms with E-state index in [1.165, 1.54) is 17.0 Å². The number of piperidine rings is 1. The van der Waals surface area contributed by atoms with Crippen LogP contribution in [0.1, 0.15) is 51.1 Å². The van der Waals surface area contributed by atoms with Gasteiger partial charge >= 0.3 is 6.03 Å². The summed E-state index contributed by atoms with van der Waals surface area (Å²) in [7, 11) is 1.61. The molecule has 2 aromatic carbocycles. The van der Waals surface area contributed by atoms with Crippen LogP contribution in [-0.4, -0.2) is 76.7 Å². The number of halogens is 1. The zero-order valence-electron chi connectivity index (χ0n) is 21.7. The van der Waals surface area contributed by atoms with Crippen LogP contribution in [0.3, 0.4) is 0 Å². The highest BCUT2D eigenvalue weighted by atomic mass is 35.5. The van der Waals surface area contributed by atoms with Crippen molar-refractivity contribution in [1.29, 1.82) is 0 Å². The Hall–Kier alpha value is -4.29. The lowest BCUT2D eigenvalue weighted by Gasteiger charge is -2.27. The first-order valence-corrected chi connectivity index (χ1v) is 13.0. The topological polar surface area (TPSA) is 165 Å². The predicted octanol–water partition coefficient (Wildman–Crippen LogP) is 1.45. The minimum absolute atomic E-state index is 0.0349. The molecule has 40 heavy (non-hydrogen) atoms. The van der Waals surface area contributed by atoms with Crippen molar-refractivity contribution in [2.75, 3.05) is 25.5 Å². The Balaban J connectivity index is 1.31. The molecule has 1 unspecified atom stereocenters. The van der Waals surface area contributed by atoms with Crippen molar-refractivity contribution in [3.63, 3.8) is 0 Å². The van der Waals surface area contributed by atoms with Crippen LogP contribution in [0.2, 0.25) is 5.02 Å². The number of aliphatic hydroxyl groups excluding tert-OH is 1. The third kappa shape index (κ3) is 6.29. The normalized spacial score (nSPS) is 16.5. The lowest BCUT2D eigenvalue weighted by molar-refractivity contribution is -0.136. The van der Waals surface area contributed by atoms with Crippen molar-refractivity contribution in [3.05, 3.63) is 63.7 Å². The van der Waals surface area contributed by atoms with Gasteiger partial charge in [-0.05, 0) is 54.7 Å². The zero-order chi connectivity index (χ0) is 29.0. The van der Waals surface area contributed by atoms with Crippen molar-refractivity contribution in [1.82, 2.24) is 20.4 Å². The number of hydrogen-bond acceptors (Lipinski definition) is 7. The number of benzene rings is 2. The lowest BCUT2D eigenvalue weighted by atomic mass is 10.0. The number of fused-ring (bicyclic) bond motifs is 1. The molecule has 4 rings (SSSR count). The van der Waals surface area contributed by atoms with E-state index < -0.39 is 42.3 Å². The van der Waals surface area contributed by atoms with E-state index in [9.17, 15) is 28.8 Å². The molecule has 1 atom stereocenters. The second-order valence-corrected chi connectivity index (χ2v) is 9.93. The second kappa shape index (κ2) is 12.3. The molecule has 0 radical (unpaired) electrons. The van der Waals surface area contributed by atoms with E-state index in [0.29, 0.717) is 35.7 Å². The number of anilines is 1. The summed E-state index contributed by atoms with van der Waals surface area (Å²) >= 11 is 6.36. The Bertz CT molecular complexity index is 1400. The van der Waals surface area contributed by atoms with E-state index in [1.807, 2.05) is 0 Å². The van der Waals surface area contributed by atoms with Crippen LogP contribution in [0.15, 0.2) is 36.4 Å². The van der Waals surface area contributed by atoms with Gasteiger partial charge in [0.1, 0.15) is 12.6 Å². The maximum atomic E-state index is 13.0. The maximum Gasteiger partial charge on any atom is 0.319 e. The minimum Gasteiger partial charge on any atom is -0.387 e. The van der Waals surface area contributed by atoms with Crippen molar-refractivity contribution < 1.29 is 33.9 Å². The average Bonchev–Trinajstić information content (AvgIpc) is 3.17. The van der Waals surface area contributed by atoms with E-state index in [0.717, 1.165) is 10.5 Å². The van der Waals surface area contributed by atoms with Gasteiger partial charge in [0.05, 0.1) is 11.1 Å². The highest BCUT2D eigenvalue weighted by Crippen LogP contribution is 2.28. The van der Waals surface area contributed by atoms with Gasteiger partial charge in [0.2, 0.25) is 17.7 Å². The number of urea groups is 1. The van der Waals surface area contributed by atoms with Crippen LogP contribution in [0, 0.1) is 0 Å². The van der Waals surface area contributed by atoms with E-state index in [1.54, 1.807) is 31.3 Å². The third-order valence-electron chi connectivity index (χ3n) is 6.77. The van der Waals surface area contributed by atoms with Gasteiger partial charge in [0.25, 0.3) is 11.8 Å². The second-order valence-electron chi connectivity index (χ2n) is 9.52. The van der Waals surface area contributed by atoms with Crippen LogP contribution >= 0.6 is 11.6 Å². The highest BCUT2D eigenvalue weighted by molar-refractivity contribution is 6.31. The molecule has 2 aliphatic rings. The van der Waals surface area contributed by atoms with Gasteiger partial charge in [-0.25, -0.2) is 4.79 Å². The quantitative estimate of drug-likeness (QED) is 0.332. The van der Waals surface area contributed by atoms with Crippen LogP contribution < -0.4 is 16.0 Å². The standard InChI is InChI=1S/C27H28ClN5O7/c1-32(23(36)14-34)10-2-3-16-5-6-17(12-20(16)28)30-27(40)29-13-15-4-7-18-19(11-15)26(39)33(25(18)38)21-8-9-22(35)31-24(21)37/h4-7,11-12,21,34H,2-3,8-10,13-14H2,1H3,(H2,29,30,40)(H,31,35,37). The Morgan fingerprint density at radius 1 is 1.10 bits per heavy atom. The molecule has 13 heteroatoms. The number of aryl methyl sites for hydroxylation is 1. The number of nitrogens with zero attached hydrogens (tertiary/aromatic N) is 2. The number of hydrogen-bond donors (Lipinski definition) is 4. The summed E-state index contributed by atoms with van der Waals surface area (Å²) in [5.74, 6) is -2.70. The fourth-order valence-electron chi connectivity index (χ4n) is 4.57. The van der Waals surface area contributed by atoms with Crippen LogP contribution in [0.5, 0.6) is 0 Å². The SMILES string of the molecule is CN(CCCc1ccc(NC(=O)NCc2ccc3c(c2)C(=O)N(C2CCC(=O)NC2=O)C3=O)cc1Cl)C(=O)CO. The monoisotopic (exact) mass is 569 g/mol. The van der Waals surface area contributed by atoms with Crippen LogP contribution in [0.4, 0.5) is 10.5 Å². The van der Waals surface area contributed by atoms with Gasteiger partial charge < -0.3 is 20.6 Å². The van der Waals surface area contributed by atoms with E-state index >= 15 is 0 Å². The fourth-order valence-corrected chi connectivity index (χ4v) is 4.84.